The molecule has 0 unspecified atom stereocenters. The normalized spacial score (nSPS) is 12.7. The molecule has 1 aliphatic carbocycles. The summed E-state index contributed by atoms with van der Waals surface area (Å²) in [5.74, 6) is 0. The molecule has 286 valence electrons. The van der Waals surface area contributed by atoms with Crippen LogP contribution in [0, 0.1) is 0 Å². The maximum absolute atomic E-state index is 2.43. The van der Waals surface area contributed by atoms with Crippen LogP contribution >= 0.6 is 0 Å². The molecule has 0 saturated carbocycles. The van der Waals surface area contributed by atoms with Gasteiger partial charge in [-0.1, -0.05) is 188 Å². The molecule has 1 aromatic heterocycles. The van der Waals surface area contributed by atoms with Gasteiger partial charge in [0.2, 0.25) is 0 Å². The van der Waals surface area contributed by atoms with Crippen molar-refractivity contribution < 1.29 is 0 Å². The van der Waals surface area contributed by atoms with Crippen molar-refractivity contribution in [2.24, 2.45) is 0 Å². The van der Waals surface area contributed by atoms with Gasteiger partial charge in [-0.25, -0.2) is 0 Å². The topological polar surface area (TPSA) is 8.17 Å². The molecule has 1 heterocycles. The summed E-state index contributed by atoms with van der Waals surface area (Å²) in [5, 5.41) is 4.93. The SMILES string of the molecule is c1ccc(-c2ccc(N(c3ccc(-n4c5ccccc5c5ccccc54)cc3)c3ccc(C4(c5ccccc5)c5ccccc5-c5ccccc54)cc3)c3ccccc23)cc1. The quantitative estimate of drug-likeness (QED) is 0.156. The molecule has 0 radical (unpaired) electrons. The zero-order valence-electron chi connectivity index (χ0n) is 33.5. The first kappa shape index (κ1) is 35.0. The summed E-state index contributed by atoms with van der Waals surface area (Å²) in [6, 6.07) is 89.0. The van der Waals surface area contributed by atoms with Gasteiger partial charge in [0, 0.05) is 33.2 Å². The van der Waals surface area contributed by atoms with Crippen LogP contribution in [0.15, 0.2) is 243 Å². The van der Waals surface area contributed by atoms with Gasteiger partial charge in [0.15, 0.2) is 0 Å². The van der Waals surface area contributed by atoms with Gasteiger partial charge in [-0.3, -0.25) is 0 Å². The van der Waals surface area contributed by atoms with Crippen LogP contribution in [0.3, 0.4) is 0 Å². The van der Waals surface area contributed by atoms with Crippen LogP contribution in [-0.4, -0.2) is 4.57 Å². The summed E-state index contributed by atoms with van der Waals surface area (Å²) >= 11 is 0. The second-order valence-electron chi connectivity index (χ2n) is 16.0. The molecule has 12 rings (SSSR count). The molecule has 2 heteroatoms. The Labute approximate surface area is 355 Å². The lowest BCUT2D eigenvalue weighted by molar-refractivity contribution is 0.768. The Balaban J connectivity index is 1.06. The zero-order chi connectivity index (χ0) is 40.3. The molecule has 0 spiro atoms. The molecule has 0 N–H and O–H groups in total. The summed E-state index contributed by atoms with van der Waals surface area (Å²) in [4.78, 5) is 2.43. The van der Waals surface area contributed by atoms with E-state index in [1.54, 1.807) is 0 Å². The van der Waals surface area contributed by atoms with E-state index in [2.05, 4.69) is 252 Å². The second kappa shape index (κ2) is 14.1. The fraction of sp³-hybridized carbons (Fsp3) is 0.0169. The predicted molar refractivity (Wildman–Crippen MR) is 256 cm³/mol. The average molecular weight is 777 g/mol. The minimum Gasteiger partial charge on any atom is -0.310 e. The van der Waals surface area contributed by atoms with Crippen molar-refractivity contribution in [1.82, 2.24) is 4.57 Å². The number of hydrogen-bond donors (Lipinski definition) is 0. The molecule has 0 amide bonds. The van der Waals surface area contributed by atoms with Gasteiger partial charge >= 0.3 is 0 Å². The fourth-order valence-electron chi connectivity index (χ4n) is 10.3. The number of aromatic nitrogens is 1. The van der Waals surface area contributed by atoms with Crippen molar-refractivity contribution in [3.8, 4) is 27.9 Å². The summed E-state index contributed by atoms with van der Waals surface area (Å²) in [6.07, 6.45) is 0. The summed E-state index contributed by atoms with van der Waals surface area (Å²) in [6.45, 7) is 0. The van der Waals surface area contributed by atoms with Crippen molar-refractivity contribution in [2.75, 3.05) is 4.90 Å². The highest BCUT2D eigenvalue weighted by atomic mass is 15.1. The highest BCUT2D eigenvalue weighted by molar-refractivity contribution is 6.09. The van der Waals surface area contributed by atoms with Gasteiger partial charge in [-0.2, -0.15) is 0 Å². The molecular formula is C59H40N2. The van der Waals surface area contributed by atoms with Crippen LogP contribution in [0.4, 0.5) is 17.1 Å². The minimum atomic E-state index is -0.466. The third-order valence-electron chi connectivity index (χ3n) is 12.9. The average Bonchev–Trinajstić information content (AvgIpc) is 3.84. The number of para-hydroxylation sites is 2. The molecule has 0 bridgehead atoms. The number of benzene rings is 10. The first-order valence-electron chi connectivity index (χ1n) is 21.1. The Morgan fingerprint density at radius 3 is 1.38 bits per heavy atom. The molecular weight excluding hydrogens is 737 g/mol. The van der Waals surface area contributed by atoms with Crippen LogP contribution in [0.1, 0.15) is 22.3 Å². The van der Waals surface area contributed by atoms with Crippen molar-refractivity contribution in [1.29, 1.82) is 0 Å². The van der Waals surface area contributed by atoms with E-state index in [1.807, 2.05) is 0 Å². The van der Waals surface area contributed by atoms with Crippen LogP contribution in [-0.2, 0) is 5.41 Å². The Bertz CT molecular complexity index is 3300. The fourth-order valence-corrected chi connectivity index (χ4v) is 10.3. The largest absolute Gasteiger partial charge is 0.310 e. The molecule has 1 aliphatic rings. The summed E-state index contributed by atoms with van der Waals surface area (Å²) in [5.41, 5.74) is 16.5. The van der Waals surface area contributed by atoms with Crippen LogP contribution < -0.4 is 4.90 Å². The van der Waals surface area contributed by atoms with Crippen molar-refractivity contribution >= 4 is 49.6 Å². The molecule has 10 aromatic carbocycles. The monoisotopic (exact) mass is 776 g/mol. The number of fused-ring (bicyclic) bond motifs is 7. The smallest absolute Gasteiger partial charge is 0.0713 e. The van der Waals surface area contributed by atoms with Gasteiger partial charge in [0.1, 0.15) is 0 Å². The van der Waals surface area contributed by atoms with Crippen LogP contribution in [0.2, 0.25) is 0 Å². The van der Waals surface area contributed by atoms with E-state index in [1.165, 1.54) is 77.1 Å². The lowest BCUT2D eigenvalue weighted by Gasteiger charge is -2.34. The van der Waals surface area contributed by atoms with Gasteiger partial charge in [-0.05, 0) is 104 Å². The van der Waals surface area contributed by atoms with E-state index in [-0.39, 0.29) is 0 Å². The maximum atomic E-state index is 2.43. The van der Waals surface area contributed by atoms with Crippen molar-refractivity contribution in [3.05, 3.63) is 265 Å². The van der Waals surface area contributed by atoms with Gasteiger partial charge < -0.3 is 9.47 Å². The Morgan fingerprint density at radius 1 is 0.311 bits per heavy atom. The first-order valence-corrected chi connectivity index (χ1v) is 21.1. The lowest BCUT2D eigenvalue weighted by Crippen LogP contribution is -2.28. The third-order valence-corrected chi connectivity index (χ3v) is 12.9. The Kier molecular flexibility index (Phi) is 8.11. The van der Waals surface area contributed by atoms with E-state index in [9.17, 15) is 0 Å². The second-order valence-corrected chi connectivity index (χ2v) is 16.0. The van der Waals surface area contributed by atoms with Gasteiger partial charge in [0.05, 0.1) is 22.1 Å². The molecule has 0 aliphatic heterocycles. The number of anilines is 3. The molecule has 0 atom stereocenters. The standard InChI is InChI=1S/C59H40N2/c1-3-17-41(18-4-1)47-39-40-58(51-24-8-7-21-48(47)51)60(45-35-37-46(38-36-45)61-56-29-15-11-25-52(56)53-26-12-16-30-57(53)61)44-33-31-43(32-34-44)59(42-19-5-2-6-20-42)54-27-13-9-22-49(54)50-23-10-14-28-55(50)59/h1-40H. The third kappa shape index (κ3) is 5.36. The molecule has 0 fully saturated rings. The van der Waals surface area contributed by atoms with E-state index < -0.39 is 5.41 Å². The van der Waals surface area contributed by atoms with E-state index in [4.69, 9.17) is 0 Å². The highest BCUT2D eigenvalue weighted by Gasteiger charge is 2.45. The lowest BCUT2D eigenvalue weighted by atomic mass is 9.68. The Hall–Kier alpha value is -7.94. The summed E-state index contributed by atoms with van der Waals surface area (Å²) in [7, 11) is 0. The first-order chi connectivity index (χ1) is 30.3. The zero-order valence-corrected chi connectivity index (χ0v) is 33.5. The Morgan fingerprint density at radius 2 is 0.770 bits per heavy atom. The van der Waals surface area contributed by atoms with Crippen molar-refractivity contribution in [3.63, 3.8) is 0 Å². The minimum absolute atomic E-state index is 0.466. The molecule has 61 heavy (non-hydrogen) atoms. The van der Waals surface area contributed by atoms with Gasteiger partial charge in [0.25, 0.3) is 0 Å². The molecule has 0 saturated heterocycles. The van der Waals surface area contributed by atoms with Crippen molar-refractivity contribution in [2.45, 2.75) is 5.41 Å². The van der Waals surface area contributed by atoms with Gasteiger partial charge in [-0.15, -0.1) is 0 Å². The van der Waals surface area contributed by atoms with E-state index >= 15 is 0 Å². The molecule has 2 nitrogen and oxygen atoms in total. The molecule has 11 aromatic rings. The van der Waals surface area contributed by atoms with E-state index in [0.29, 0.717) is 0 Å². The van der Waals surface area contributed by atoms with Crippen LogP contribution in [0.25, 0.3) is 60.5 Å². The summed E-state index contributed by atoms with van der Waals surface area (Å²) < 4.78 is 2.39. The number of rotatable bonds is 7. The van der Waals surface area contributed by atoms with E-state index in [0.717, 1.165) is 22.7 Å². The maximum Gasteiger partial charge on any atom is 0.0713 e. The number of nitrogens with zero attached hydrogens (tertiary/aromatic N) is 2. The van der Waals surface area contributed by atoms with Crippen LogP contribution in [0.5, 0.6) is 0 Å². The number of hydrogen-bond acceptors (Lipinski definition) is 1. The highest BCUT2D eigenvalue weighted by Crippen LogP contribution is 2.56. The predicted octanol–water partition coefficient (Wildman–Crippen LogP) is 15.4.